The molecule has 2 unspecified atom stereocenters. The first-order valence-corrected chi connectivity index (χ1v) is 13.6. The number of nitrogens with two attached hydrogens (primary N) is 1. The van der Waals surface area contributed by atoms with Crippen LogP contribution in [-0.2, 0) is 29.1 Å². The minimum Gasteiger partial charge on any atom is -0.377 e. The minimum absolute atomic E-state index is 0.0291. The Balaban J connectivity index is 1.71. The van der Waals surface area contributed by atoms with Crippen LogP contribution < -0.4 is 16.4 Å². The van der Waals surface area contributed by atoms with Crippen LogP contribution in [-0.4, -0.2) is 52.9 Å². The van der Waals surface area contributed by atoms with Crippen LogP contribution >= 0.6 is 0 Å². The molecule has 0 fully saturated rings. The Morgan fingerprint density at radius 1 is 1.10 bits per heavy atom. The summed E-state index contributed by atoms with van der Waals surface area (Å²) in [6, 6.07) is 17.9. The second kappa shape index (κ2) is 14.0. The Labute approximate surface area is 238 Å². The number of benzene rings is 2. The van der Waals surface area contributed by atoms with E-state index in [1.807, 2.05) is 62.5 Å². The molecular formula is C32H44N6O2. The average molecular weight is 545 g/mol. The monoisotopic (exact) mass is 544 g/mol. The smallest absolute Gasteiger partial charge is 0.231 e. The van der Waals surface area contributed by atoms with Crippen molar-refractivity contribution in [3.8, 4) is 0 Å². The van der Waals surface area contributed by atoms with Crippen LogP contribution in [0.15, 0.2) is 91.5 Å². The molecule has 3 aromatic rings. The van der Waals surface area contributed by atoms with Crippen LogP contribution in [0.25, 0.3) is 0 Å². The van der Waals surface area contributed by atoms with Crippen molar-refractivity contribution >= 4 is 11.6 Å². The summed E-state index contributed by atoms with van der Waals surface area (Å²) in [7, 11) is 3.55. The maximum atomic E-state index is 13.1. The second-order valence-electron chi connectivity index (χ2n) is 10.9. The van der Waals surface area contributed by atoms with Gasteiger partial charge in [-0.3, -0.25) is 9.48 Å². The van der Waals surface area contributed by atoms with Gasteiger partial charge in [0.05, 0.1) is 43.6 Å². The van der Waals surface area contributed by atoms with Crippen LogP contribution in [0.3, 0.4) is 0 Å². The number of aromatic nitrogens is 2. The van der Waals surface area contributed by atoms with Crippen molar-refractivity contribution < 1.29 is 9.53 Å². The van der Waals surface area contributed by atoms with Crippen molar-refractivity contribution in [3.05, 3.63) is 108 Å². The number of hydrogen-bond donors (Lipinski definition) is 3. The topological polar surface area (TPSA) is 97.4 Å². The van der Waals surface area contributed by atoms with Crippen LogP contribution in [0.2, 0.25) is 0 Å². The number of ether oxygens (including phenoxy) is 1. The molecule has 214 valence electrons. The summed E-state index contributed by atoms with van der Waals surface area (Å²) in [6.45, 7) is 15.5. The van der Waals surface area contributed by atoms with Gasteiger partial charge in [0, 0.05) is 37.2 Å². The molecule has 2 atom stereocenters. The van der Waals surface area contributed by atoms with Gasteiger partial charge in [0.1, 0.15) is 0 Å². The lowest BCUT2D eigenvalue weighted by molar-refractivity contribution is -0.130. The van der Waals surface area contributed by atoms with Crippen LogP contribution in [0.4, 0.5) is 5.69 Å². The molecule has 0 aliphatic carbocycles. The third-order valence-corrected chi connectivity index (χ3v) is 6.78. The molecule has 0 aliphatic rings. The third kappa shape index (κ3) is 8.83. The van der Waals surface area contributed by atoms with E-state index in [0.29, 0.717) is 31.2 Å². The van der Waals surface area contributed by atoms with Crippen molar-refractivity contribution in [3.63, 3.8) is 0 Å². The largest absolute Gasteiger partial charge is 0.377 e. The normalized spacial score (nSPS) is 12.8. The highest BCUT2D eigenvalue weighted by Gasteiger charge is 2.24. The molecule has 40 heavy (non-hydrogen) atoms. The Bertz CT molecular complexity index is 1260. The number of rotatable bonds is 15. The standard InChI is InChI=1S/C32H44N6O2/c1-8-25-14-16-27(17-15-25)29(31(39)37(6)7)20-38-19-28(18-34-38)35-23(2)30(36-24(3)32(4,5)33)22-40-21-26-12-10-9-11-13-26/h9-19,29-30,35-36H,2-3,8,20-22,33H2,1,4-7H3. The summed E-state index contributed by atoms with van der Waals surface area (Å²) in [6.07, 6.45) is 4.56. The number of hydrogen-bond acceptors (Lipinski definition) is 6. The number of nitrogens with zero attached hydrogens (tertiary/aromatic N) is 3. The zero-order chi connectivity index (χ0) is 29.3. The van der Waals surface area contributed by atoms with Gasteiger partial charge in [-0.25, -0.2) is 0 Å². The number of likely N-dealkylation sites (N-methyl/N-ethyl adjacent to an activating group) is 1. The predicted molar refractivity (Wildman–Crippen MR) is 163 cm³/mol. The molecule has 8 nitrogen and oxygen atoms in total. The summed E-state index contributed by atoms with van der Waals surface area (Å²) in [5.74, 6) is -0.325. The average Bonchev–Trinajstić information content (AvgIpc) is 3.37. The number of carbonyl (C=O) groups excluding carboxylic acids is 1. The molecule has 8 heteroatoms. The molecule has 0 radical (unpaired) electrons. The molecule has 2 aromatic carbocycles. The Morgan fingerprint density at radius 3 is 2.38 bits per heavy atom. The van der Waals surface area contributed by atoms with Crippen molar-refractivity contribution in [1.82, 2.24) is 20.0 Å². The maximum absolute atomic E-state index is 13.1. The molecule has 0 saturated heterocycles. The molecule has 1 aromatic heterocycles. The van der Waals surface area contributed by atoms with E-state index in [1.54, 1.807) is 29.9 Å². The van der Waals surface area contributed by atoms with Gasteiger partial charge in [0.25, 0.3) is 0 Å². The number of anilines is 1. The SMILES string of the molecule is C=C(Nc1cnn(CC(C(=O)N(C)C)c2ccc(CC)cc2)c1)C(COCc1ccccc1)NC(=C)C(C)(C)N. The van der Waals surface area contributed by atoms with Crippen LogP contribution in [0.1, 0.15) is 43.4 Å². The van der Waals surface area contributed by atoms with Gasteiger partial charge < -0.3 is 26.0 Å². The molecule has 1 amide bonds. The highest BCUT2D eigenvalue weighted by molar-refractivity contribution is 5.83. The van der Waals surface area contributed by atoms with Gasteiger partial charge in [0.15, 0.2) is 0 Å². The highest BCUT2D eigenvalue weighted by atomic mass is 16.5. The van der Waals surface area contributed by atoms with Crippen molar-refractivity contribution in [1.29, 1.82) is 0 Å². The maximum Gasteiger partial charge on any atom is 0.231 e. The molecule has 0 bridgehead atoms. The van der Waals surface area contributed by atoms with E-state index in [-0.39, 0.29) is 17.9 Å². The zero-order valence-corrected chi connectivity index (χ0v) is 24.5. The first kappa shape index (κ1) is 30.7. The lowest BCUT2D eigenvalue weighted by Crippen LogP contribution is -2.46. The molecule has 1 heterocycles. The Kier molecular flexibility index (Phi) is 10.7. The van der Waals surface area contributed by atoms with Crippen molar-refractivity contribution in [2.45, 2.75) is 57.8 Å². The summed E-state index contributed by atoms with van der Waals surface area (Å²) in [5.41, 5.74) is 11.1. The van der Waals surface area contributed by atoms with E-state index in [9.17, 15) is 4.79 Å². The number of aryl methyl sites for hydroxylation is 1. The summed E-state index contributed by atoms with van der Waals surface area (Å²) in [4.78, 5) is 14.7. The first-order chi connectivity index (χ1) is 19.0. The Hall–Kier alpha value is -3.88. The zero-order valence-electron chi connectivity index (χ0n) is 24.5. The quantitative estimate of drug-likeness (QED) is 0.257. The summed E-state index contributed by atoms with van der Waals surface area (Å²) in [5, 5.41) is 11.3. The van der Waals surface area contributed by atoms with E-state index in [0.717, 1.165) is 23.2 Å². The fourth-order valence-electron chi connectivity index (χ4n) is 4.11. The van der Waals surface area contributed by atoms with Gasteiger partial charge in [-0.2, -0.15) is 5.10 Å². The highest BCUT2D eigenvalue weighted by Crippen LogP contribution is 2.22. The number of nitrogens with one attached hydrogen (secondary N) is 2. The molecule has 3 rings (SSSR count). The first-order valence-electron chi connectivity index (χ1n) is 13.6. The lowest BCUT2D eigenvalue weighted by atomic mass is 9.96. The number of amides is 1. The van der Waals surface area contributed by atoms with Crippen LogP contribution in [0, 0.1) is 0 Å². The van der Waals surface area contributed by atoms with Gasteiger partial charge in [-0.05, 0) is 37.0 Å². The molecule has 4 N–H and O–H groups in total. The van der Waals surface area contributed by atoms with Gasteiger partial charge in [-0.15, -0.1) is 0 Å². The van der Waals surface area contributed by atoms with Crippen molar-refractivity contribution in [2.75, 3.05) is 26.0 Å². The van der Waals surface area contributed by atoms with Gasteiger partial charge >= 0.3 is 0 Å². The summed E-state index contributed by atoms with van der Waals surface area (Å²) < 4.78 is 7.80. The van der Waals surface area contributed by atoms with Gasteiger partial charge in [0.2, 0.25) is 5.91 Å². The van der Waals surface area contributed by atoms with Crippen molar-refractivity contribution in [2.24, 2.45) is 5.73 Å². The number of carbonyl (C=O) groups is 1. The van der Waals surface area contributed by atoms with Gasteiger partial charge in [-0.1, -0.05) is 74.7 Å². The Morgan fingerprint density at radius 2 is 1.77 bits per heavy atom. The molecule has 0 spiro atoms. The lowest BCUT2D eigenvalue weighted by Gasteiger charge is -2.30. The third-order valence-electron chi connectivity index (χ3n) is 6.78. The second-order valence-corrected chi connectivity index (χ2v) is 10.9. The van der Waals surface area contributed by atoms with E-state index in [4.69, 9.17) is 10.5 Å². The molecule has 0 aliphatic heterocycles. The summed E-state index contributed by atoms with van der Waals surface area (Å²) >= 11 is 0. The molecular weight excluding hydrogens is 500 g/mol. The van der Waals surface area contributed by atoms with E-state index >= 15 is 0 Å². The van der Waals surface area contributed by atoms with E-state index in [2.05, 4.69) is 47.9 Å². The minimum atomic E-state index is -0.619. The fraction of sp³-hybridized carbons (Fsp3) is 0.375. The van der Waals surface area contributed by atoms with Crippen LogP contribution in [0.5, 0.6) is 0 Å². The molecule has 0 saturated carbocycles. The van der Waals surface area contributed by atoms with E-state index in [1.165, 1.54) is 5.56 Å². The van der Waals surface area contributed by atoms with E-state index < -0.39 is 5.54 Å². The predicted octanol–water partition coefficient (Wildman–Crippen LogP) is 4.67. The fourth-order valence-corrected chi connectivity index (χ4v) is 4.11.